The van der Waals surface area contributed by atoms with Crippen molar-refractivity contribution >= 4 is 28.3 Å². The van der Waals surface area contributed by atoms with Crippen molar-refractivity contribution in [3.63, 3.8) is 0 Å². The van der Waals surface area contributed by atoms with E-state index in [0.717, 1.165) is 6.07 Å². The molecule has 1 amide bonds. The molecular formula is C11H13ClFNO2S. The molecule has 17 heavy (non-hydrogen) atoms. The molecule has 0 saturated heterocycles. The zero-order chi connectivity index (χ0) is 13.0. The van der Waals surface area contributed by atoms with Crippen LogP contribution in [0.25, 0.3) is 0 Å². The number of benzene rings is 1. The first-order valence-electron chi connectivity index (χ1n) is 4.96. The molecule has 0 fully saturated rings. The molecule has 0 bridgehead atoms. The van der Waals surface area contributed by atoms with Crippen molar-refractivity contribution in [2.45, 2.75) is 13.0 Å². The predicted molar refractivity (Wildman–Crippen MR) is 67.3 cm³/mol. The molecule has 0 radical (unpaired) electrons. The first-order chi connectivity index (χ1) is 7.90. The monoisotopic (exact) mass is 277 g/mol. The molecule has 0 aliphatic heterocycles. The van der Waals surface area contributed by atoms with Crippen LogP contribution in [0, 0.1) is 5.82 Å². The maximum atomic E-state index is 13.4. The van der Waals surface area contributed by atoms with E-state index < -0.39 is 22.5 Å². The predicted octanol–water partition coefficient (Wildman–Crippen LogP) is 1.98. The molecule has 94 valence electrons. The van der Waals surface area contributed by atoms with E-state index in [-0.39, 0.29) is 11.6 Å². The number of nitrogens with one attached hydrogen (secondary N) is 1. The second-order valence-electron chi connectivity index (χ2n) is 3.74. The van der Waals surface area contributed by atoms with Gasteiger partial charge in [0.15, 0.2) is 0 Å². The highest BCUT2D eigenvalue weighted by Crippen LogP contribution is 2.14. The van der Waals surface area contributed by atoms with Gasteiger partial charge in [-0.05, 0) is 25.1 Å². The summed E-state index contributed by atoms with van der Waals surface area (Å²) in [5.74, 6) is -0.854. The Morgan fingerprint density at radius 1 is 1.59 bits per heavy atom. The smallest absolute Gasteiger partial charge is 0.254 e. The molecular weight excluding hydrogens is 265 g/mol. The molecule has 2 unspecified atom stereocenters. The summed E-state index contributed by atoms with van der Waals surface area (Å²) in [6.07, 6.45) is 1.54. The van der Waals surface area contributed by atoms with Crippen LogP contribution in [0.15, 0.2) is 18.2 Å². The van der Waals surface area contributed by atoms with Gasteiger partial charge in [0.05, 0.1) is 5.56 Å². The Bertz CT molecular complexity index is 453. The van der Waals surface area contributed by atoms with E-state index in [1.807, 2.05) is 0 Å². The summed E-state index contributed by atoms with van der Waals surface area (Å²) in [7, 11) is -1.01. The molecule has 6 heteroatoms. The standard InChI is InChI=1S/C11H13ClFNO2S/c1-7(6-17(2)16)14-11(15)9-5-8(12)3-4-10(9)13/h3-5,7H,6H2,1-2H3,(H,14,15). The topological polar surface area (TPSA) is 46.2 Å². The number of carbonyl (C=O) groups is 1. The third-order valence-electron chi connectivity index (χ3n) is 2.04. The van der Waals surface area contributed by atoms with Crippen molar-refractivity contribution in [2.75, 3.05) is 12.0 Å². The Labute approximate surface area is 107 Å². The summed E-state index contributed by atoms with van der Waals surface area (Å²) < 4.78 is 24.3. The molecule has 3 nitrogen and oxygen atoms in total. The van der Waals surface area contributed by atoms with E-state index in [2.05, 4.69) is 5.32 Å². The Kier molecular flexibility index (Phi) is 5.08. The van der Waals surface area contributed by atoms with Gasteiger partial charge in [-0.1, -0.05) is 11.6 Å². The van der Waals surface area contributed by atoms with Crippen LogP contribution < -0.4 is 5.32 Å². The fraction of sp³-hybridized carbons (Fsp3) is 0.364. The van der Waals surface area contributed by atoms with Crippen LogP contribution in [0.1, 0.15) is 17.3 Å². The van der Waals surface area contributed by atoms with Gasteiger partial charge in [-0.2, -0.15) is 0 Å². The fourth-order valence-corrected chi connectivity index (χ4v) is 2.33. The molecule has 0 aromatic heterocycles. The minimum Gasteiger partial charge on any atom is -0.349 e. The minimum absolute atomic E-state index is 0.105. The number of rotatable bonds is 4. The van der Waals surface area contributed by atoms with E-state index in [4.69, 9.17) is 11.6 Å². The zero-order valence-corrected chi connectivity index (χ0v) is 11.1. The third kappa shape index (κ3) is 4.44. The Morgan fingerprint density at radius 3 is 2.82 bits per heavy atom. The quantitative estimate of drug-likeness (QED) is 0.915. The average molecular weight is 278 g/mol. The highest BCUT2D eigenvalue weighted by molar-refractivity contribution is 7.84. The lowest BCUT2D eigenvalue weighted by atomic mass is 10.2. The van der Waals surface area contributed by atoms with E-state index in [0.29, 0.717) is 10.8 Å². The summed E-state index contributed by atoms with van der Waals surface area (Å²) in [5.41, 5.74) is -0.105. The summed E-state index contributed by atoms with van der Waals surface area (Å²) in [6, 6.07) is 3.49. The zero-order valence-electron chi connectivity index (χ0n) is 9.50. The van der Waals surface area contributed by atoms with Gasteiger partial charge in [0.1, 0.15) is 5.82 Å². The van der Waals surface area contributed by atoms with E-state index >= 15 is 0 Å². The van der Waals surface area contributed by atoms with Crippen LogP contribution in [0.3, 0.4) is 0 Å². The summed E-state index contributed by atoms with van der Waals surface area (Å²) in [5, 5.41) is 2.86. The normalized spacial score (nSPS) is 14.1. The second kappa shape index (κ2) is 6.12. The maximum Gasteiger partial charge on any atom is 0.254 e. The molecule has 0 heterocycles. The number of halogens is 2. The lowest BCUT2D eigenvalue weighted by molar-refractivity contribution is 0.0939. The van der Waals surface area contributed by atoms with Gasteiger partial charge in [-0.25, -0.2) is 4.39 Å². The maximum absolute atomic E-state index is 13.4. The van der Waals surface area contributed by atoms with E-state index in [1.165, 1.54) is 12.1 Å². The Morgan fingerprint density at radius 2 is 2.24 bits per heavy atom. The molecule has 0 aliphatic carbocycles. The van der Waals surface area contributed by atoms with E-state index in [1.54, 1.807) is 13.2 Å². The molecule has 0 saturated carbocycles. The van der Waals surface area contributed by atoms with Crippen molar-refractivity contribution < 1.29 is 13.4 Å². The van der Waals surface area contributed by atoms with Gasteiger partial charge in [-0.3, -0.25) is 9.00 Å². The van der Waals surface area contributed by atoms with Crippen LogP contribution >= 0.6 is 11.6 Å². The van der Waals surface area contributed by atoms with E-state index in [9.17, 15) is 13.4 Å². The van der Waals surface area contributed by atoms with Crippen LogP contribution in [0.4, 0.5) is 4.39 Å². The molecule has 1 N–H and O–H groups in total. The van der Waals surface area contributed by atoms with Gasteiger partial charge >= 0.3 is 0 Å². The van der Waals surface area contributed by atoms with Crippen LogP contribution in [-0.2, 0) is 10.8 Å². The van der Waals surface area contributed by atoms with Crippen molar-refractivity contribution in [2.24, 2.45) is 0 Å². The lowest BCUT2D eigenvalue weighted by Crippen LogP contribution is -2.36. The SMILES string of the molecule is CC(CS(C)=O)NC(=O)c1cc(Cl)ccc1F. The van der Waals surface area contributed by atoms with Crippen LogP contribution in [0.5, 0.6) is 0 Å². The molecule has 2 atom stereocenters. The Hall–Kier alpha value is -0.940. The first-order valence-corrected chi connectivity index (χ1v) is 7.06. The molecule has 0 spiro atoms. The third-order valence-corrected chi connectivity index (χ3v) is 3.24. The molecule has 1 aromatic carbocycles. The second-order valence-corrected chi connectivity index (χ2v) is 5.65. The highest BCUT2D eigenvalue weighted by atomic mass is 35.5. The van der Waals surface area contributed by atoms with Gasteiger partial charge in [-0.15, -0.1) is 0 Å². The largest absolute Gasteiger partial charge is 0.349 e. The summed E-state index contributed by atoms with van der Waals surface area (Å²) in [4.78, 5) is 11.7. The molecule has 0 aliphatic rings. The minimum atomic E-state index is -1.01. The number of carbonyl (C=O) groups excluding carboxylic acids is 1. The average Bonchev–Trinajstić information content (AvgIpc) is 2.20. The van der Waals surface area contributed by atoms with Gasteiger partial charge in [0.2, 0.25) is 0 Å². The van der Waals surface area contributed by atoms with Gasteiger partial charge in [0, 0.05) is 33.9 Å². The van der Waals surface area contributed by atoms with Crippen molar-refractivity contribution in [1.82, 2.24) is 5.32 Å². The van der Waals surface area contributed by atoms with Crippen molar-refractivity contribution in [1.29, 1.82) is 0 Å². The number of hydrogen-bond acceptors (Lipinski definition) is 2. The van der Waals surface area contributed by atoms with Crippen LogP contribution in [0.2, 0.25) is 5.02 Å². The highest BCUT2D eigenvalue weighted by Gasteiger charge is 2.15. The van der Waals surface area contributed by atoms with Gasteiger partial charge < -0.3 is 5.32 Å². The molecule has 1 aromatic rings. The lowest BCUT2D eigenvalue weighted by Gasteiger charge is -2.12. The van der Waals surface area contributed by atoms with Gasteiger partial charge in [0.25, 0.3) is 5.91 Å². The summed E-state index contributed by atoms with van der Waals surface area (Å²) >= 11 is 5.69. The van der Waals surface area contributed by atoms with Crippen molar-refractivity contribution in [3.8, 4) is 0 Å². The number of hydrogen-bond donors (Lipinski definition) is 1. The van der Waals surface area contributed by atoms with Crippen molar-refractivity contribution in [3.05, 3.63) is 34.6 Å². The fourth-order valence-electron chi connectivity index (χ4n) is 1.37. The first kappa shape index (κ1) is 14.1. The Balaban J connectivity index is 2.76. The van der Waals surface area contributed by atoms with Crippen LogP contribution in [-0.4, -0.2) is 28.2 Å². The summed E-state index contributed by atoms with van der Waals surface area (Å²) in [6.45, 7) is 1.71. The molecule has 1 rings (SSSR count). The number of amides is 1.